The van der Waals surface area contributed by atoms with Crippen LogP contribution in [0.25, 0.3) is 0 Å². The van der Waals surface area contributed by atoms with Crippen LogP contribution < -0.4 is 0 Å². The average Bonchev–Trinajstić information content (AvgIpc) is 2.90. The number of hydrogen-bond acceptors (Lipinski definition) is 11. The van der Waals surface area contributed by atoms with E-state index in [4.69, 9.17) is 23.7 Å². The highest BCUT2D eigenvalue weighted by atomic mass is 16.6. The molecule has 0 saturated carbocycles. The number of carbonyl (C=O) groups is 6. The molecule has 0 rings (SSSR count). The summed E-state index contributed by atoms with van der Waals surface area (Å²) >= 11 is 0. The molecule has 14 nitrogen and oxygen atoms in total. The molecule has 0 aromatic rings. The van der Waals surface area contributed by atoms with Gasteiger partial charge in [0, 0.05) is 6.61 Å². The Morgan fingerprint density at radius 2 is 1.07 bits per heavy atom. The van der Waals surface area contributed by atoms with E-state index in [0.717, 1.165) is 0 Å². The topological polar surface area (TPSA) is 209 Å². The standard InChI is InChI=1S/C28H46O14/c1-5-9-13-38-22(33)19-28(41-16-12-8-4,26(37)40-15-11-7-3)23(24(34)39-14-10-6-2)42-27(25(35)36,17-20(29)30)18-21(31)32/h23H,5-19H2,1-4H3,(H,29,30)(H,31,32)(H,35,36). The van der Waals surface area contributed by atoms with E-state index in [9.17, 15) is 44.1 Å². The van der Waals surface area contributed by atoms with E-state index < -0.39 is 72.4 Å². The van der Waals surface area contributed by atoms with Gasteiger partial charge in [0.2, 0.25) is 5.60 Å². The molecule has 0 aliphatic heterocycles. The number of carbonyl (C=O) groups excluding carboxylic acids is 3. The van der Waals surface area contributed by atoms with Crippen molar-refractivity contribution in [3.8, 4) is 0 Å². The van der Waals surface area contributed by atoms with Gasteiger partial charge in [-0.05, 0) is 25.7 Å². The van der Waals surface area contributed by atoms with E-state index in [1.807, 2.05) is 13.8 Å². The van der Waals surface area contributed by atoms with Crippen LogP contribution in [0.4, 0.5) is 0 Å². The lowest BCUT2D eigenvalue weighted by atomic mass is 9.88. The van der Waals surface area contributed by atoms with E-state index in [1.165, 1.54) is 0 Å². The predicted octanol–water partition coefficient (Wildman–Crippen LogP) is 3.12. The molecule has 0 amide bonds. The molecule has 0 aromatic heterocycles. The molecule has 0 bridgehead atoms. The van der Waals surface area contributed by atoms with Crippen molar-refractivity contribution in [1.29, 1.82) is 0 Å². The smallest absolute Gasteiger partial charge is 0.342 e. The minimum Gasteiger partial charge on any atom is -0.481 e. The normalized spacial score (nSPS) is 13.4. The summed E-state index contributed by atoms with van der Waals surface area (Å²) in [7, 11) is 0. The molecule has 0 radical (unpaired) electrons. The first kappa shape index (κ1) is 38.7. The van der Waals surface area contributed by atoms with Gasteiger partial charge in [0.25, 0.3) is 0 Å². The van der Waals surface area contributed by atoms with Crippen molar-refractivity contribution in [3.63, 3.8) is 0 Å². The third-order valence-electron chi connectivity index (χ3n) is 6.09. The lowest BCUT2D eigenvalue weighted by molar-refractivity contribution is -0.234. The van der Waals surface area contributed by atoms with Crippen LogP contribution >= 0.6 is 0 Å². The van der Waals surface area contributed by atoms with Crippen LogP contribution in [-0.4, -0.2) is 94.9 Å². The van der Waals surface area contributed by atoms with Crippen molar-refractivity contribution in [3.05, 3.63) is 0 Å². The Kier molecular flexibility index (Phi) is 19.0. The molecule has 3 N–H and O–H groups in total. The van der Waals surface area contributed by atoms with Gasteiger partial charge in [-0.25, -0.2) is 14.4 Å². The Morgan fingerprint density at radius 1 is 0.619 bits per heavy atom. The zero-order valence-electron chi connectivity index (χ0n) is 25.0. The fourth-order valence-corrected chi connectivity index (χ4v) is 3.67. The van der Waals surface area contributed by atoms with Crippen molar-refractivity contribution in [2.45, 2.75) is 116 Å². The summed E-state index contributed by atoms with van der Waals surface area (Å²) in [5.74, 6) is -9.22. The average molecular weight is 607 g/mol. The third kappa shape index (κ3) is 13.1. The zero-order chi connectivity index (χ0) is 32.2. The number of carboxylic acids is 3. The Morgan fingerprint density at radius 3 is 1.52 bits per heavy atom. The van der Waals surface area contributed by atoms with Gasteiger partial charge in [-0.3, -0.25) is 14.4 Å². The minimum atomic E-state index is -3.07. The van der Waals surface area contributed by atoms with Crippen LogP contribution in [0.3, 0.4) is 0 Å². The first-order valence-electron chi connectivity index (χ1n) is 14.3. The van der Waals surface area contributed by atoms with E-state index in [-0.39, 0.29) is 26.4 Å². The van der Waals surface area contributed by atoms with Crippen molar-refractivity contribution in [2.75, 3.05) is 26.4 Å². The Balaban J connectivity index is 7.28. The van der Waals surface area contributed by atoms with E-state index in [2.05, 4.69) is 0 Å². The number of esters is 3. The number of aliphatic carboxylic acids is 3. The molecule has 0 aromatic carbocycles. The van der Waals surface area contributed by atoms with Crippen LogP contribution in [0, 0.1) is 0 Å². The summed E-state index contributed by atoms with van der Waals surface area (Å²) in [5, 5.41) is 29.0. The third-order valence-corrected chi connectivity index (χ3v) is 6.09. The van der Waals surface area contributed by atoms with Gasteiger partial charge >= 0.3 is 35.8 Å². The van der Waals surface area contributed by atoms with E-state index in [0.29, 0.717) is 51.4 Å². The molecule has 0 aliphatic rings. The van der Waals surface area contributed by atoms with Crippen LogP contribution in [0.15, 0.2) is 0 Å². The lowest BCUT2D eigenvalue weighted by Crippen LogP contribution is -2.63. The lowest BCUT2D eigenvalue weighted by Gasteiger charge is -2.40. The van der Waals surface area contributed by atoms with Crippen molar-refractivity contribution in [1.82, 2.24) is 0 Å². The van der Waals surface area contributed by atoms with E-state index >= 15 is 0 Å². The number of ether oxygens (including phenoxy) is 5. The highest BCUT2D eigenvalue weighted by Gasteiger charge is 2.60. The van der Waals surface area contributed by atoms with Crippen LogP contribution in [-0.2, 0) is 52.5 Å². The highest BCUT2D eigenvalue weighted by molar-refractivity contribution is 5.94. The summed E-state index contributed by atoms with van der Waals surface area (Å²) in [6, 6.07) is 0. The SMILES string of the molecule is CCCCOC(=O)CC(OCCCC)(C(=O)OCCCC)C(OC(CC(=O)O)(CC(=O)O)C(=O)O)C(=O)OCCCC. The second-order valence-electron chi connectivity index (χ2n) is 9.79. The van der Waals surface area contributed by atoms with Gasteiger partial charge in [-0.1, -0.05) is 53.4 Å². The first-order chi connectivity index (χ1) is 19.8. The Hall–Kier alpha value is -3.26. The van der Waals surface area contributed by atoms with E-state index in [1.54, 1.807) is 13.8 Å². The zero-order valence-corrected chi connectivity index (χ0v) is 25.0. The van der Waals surface area contributed by atoms with Gasteiger partial charge in [0.15, 0.2) is 11.7 Å². The summed E-state index contributed by atoms with van der Waals surface area (Å²) in [6.07, 6.45) is -2.28. The van der Waals surface area contributed by atoms with Crippen molar-refractivity contribution >= 4 is 35.8 Å². The van der Waals surface area contributed by atoms with Gasteiger partial charge in [0.05, 0.1) is 39.1 Å². The molecule has 2 unspecified atom stereocenters. The molecule has 42 heavy (non-hydrogen) atoms. The van der Waals surface area contributed by atoms with Crippen LogP contribution in [0.2, 0.25) is 0 Å². The largest absolute Gasteiger partial charge is 0.481 e. The van der Waals surface area contributed by atoms with Gasteiger partial charge in [0.1, 0.15) is 0 Å². The van der Waals surface area contributed by atoms with Gasteiger partial charge in [-0.15, -0.1) is 0 Å². The highest BCUT2D eigenvalue weighted by Crippen LogP contribution is 2.34. The molecule has 14 heteroatoms. The fraction of sp³-hybridized carbons (Fsp3) is 0.786. The van der Waals surface area contributed by atoms with Gasteiger partial charge < -0.3 is 39.0 Å². The molecule has 0 spiro atoms. The number of carboxylic acid groups (broad SMARTS) is 3. The molecular formula is C28H46O14. The maximum atomic E-state index is 13.8. The van der Waals surface area contributed by atoms with Crippen LogP contribution in [0.1, 0.15) is 98.3 Å². The Bertz CT molecular complexity index is 870. The second-order valence-corrected chi connectivity index (χ2v) is 9.79. The van der Waals surface area contributed by atoms with Crippen LogP contribution in [0.5, 0.6) is 0 Å². The molecule has 0 aliphatic carbocycles. The Labute approximate surface area is 246 Å². The molecule has 0 fully saturated rings. The molecule has 0 heterocycles. The number of rotatable bonds is 25. The fourth-order valence-electron chi connectivity index (χ4n) is 3.67. The minimum absolute atomic E-state index is 0.0329. The molecule has 242 valence electrons. The molecule has 2 atom stereocenters. The second kappa shape index (κ2) is 20.6. The quantitative estimate of drug-likeness (QED) is 0.0775. The maximum Gasteiger partial charge on any atom is 0.342 e. The first-order valence-corrected chi connectivity index (χ1v) is 14.3. The molecular weight excluding hydrogens is 560 g/mol. The summed E-state index contributed by atoms with van der Waals surface area (Å²) in [4.78, 5) is 76.2. The van der Waals surface area contributed by atoms with Gasteiger partial charge in [-0.2, -0.15) is 0 Å². The van der Waals surface area contributed by atoms with Crippen molar-refractivity contribution in [2.24, 2.45) is 0 Å². The number of unbranched alkanes of at least 4 members (excludes halogenated alkanes) is 4. The summed E-state index contributed by atoms with van der Waals surface area (Å²) in [5.41, 5.74) is -5.77. The number of hydrogen-bond donors (Lipinski definition) is 3. The maximum absolute atomic E-state index is 13.8. The summed E-state index contributed by atoms with van der Waals surface area (Å²) < 4.78 is 27.3. The summed E-state index contributed by atoms with van der Waals surface area (Å²) in [6.45, 7) is 6.63. The van der Waals surface area contributed by atoms with Crippen molar-refractivity contribution < 1.29 is 67.8 Å². The predicted molar refractivity (Wildman–Crippen MR) is 146 cm³/mol. The monoisotopic (exact) mass is 606 g/mol. The molecule has 0 saturated heterocycles.